The highest BCUT2D eigenvalue weighted by atomic mass is 19.4. The summed E-state index contributed by atoms with van der Waals surface area (Å²) in [6.45, 7) is 3.21. The largest absolute Gasteiger partial charge is 0.490 e. The van der Waals surface area contributed by atoms with Crippen molar-refractivity contribution in [3.63, 3.8) is 0 Å². The molecule has 0 spiro atoms. The van der Waals surface area contributed by atoms with E-state index < -0.39 is 11.7 Å². The zero-order valence-electron chi connectivity index (χ0n) is 18.9. The molecule has 0 radical (unpaired) electrons. The predicted octanol–water partition coefficient (Wildman–Crippen LogP) is 6.22. The van der Waals surface area contributed by atoms with Crippen LogP contribution < -0.4 is 15.0 Å². The molecule has 1 aliphatic heterocycles. The Balaban J connectivity index is 1.22. The number of benzene rings is 2. The third-order valence-electron chi connectivity index (χ3n) is 6.06. The molecule has 35 heavy (non-hydrogen) atoms. The highest BCUT2D eigenvalue weighted by molar-refractivity contribution is 5.84. The first-order chi connectivity index (χ1) is 16.8. The Kier molecular flexibility index (Phi) is 5.96. The van der Waals surface area contributed by atoms with Gasteiger partial charge in [-0.3, -0.25) is 0 Å². The predicted molar refractivity (Wildman–Crippen MR) is 126 cm³/mol. The van der Waals surface area contributed by atoms with E-state index in [1.54, 1.807) is 18.3 Å². The molecule has 2 aromatic carbocycles. The van der Waals surface area contributed by atoms with Crippen LogP contribution in [0.15, 0.2) is 54.9 Å². The van der Waals surface area contributed by atoms with Crippen molar-refractivity contribution in [1.29, 1.82) is 0 Å². The fourth-order valence-electron chi connectivity index (χ4n) is 4.11. The molecular formula is C25H23F4N5O. The first kappa shape index (κ1) is 22.9. The minimum absolute atomic E-state index is 0.0982. The number of aromatic amines is 1. The second kappa shape index (κ2) is 9.09. The number of rotatable bonds is 5. The minimum atomic E-state index is -4.36. The zero-order chi connectivity index (χ0) is 24.6. The highest BCUT2D eigenvalue weighted by Gasteiger charge is 2.30. The van der Waals surface area contributed by atoms with Gasteiger partial charge in [0.1, 0.15) is 23.5 Å². The molecule has 0 bridgehead atoms. The number of hydrogen-bond acceptors (Lipinski definition) is 5. The number of nitrogens with zero attached hydrogens (tertiary/aromatic N) is 3. The summed E-state index contributed by atoms with van der Waals surface area (Å²) in [4.78, 5) is 14.1. The Labute approximate surface area is 199 Å². The van der Waals surface area contributed by atoms with Crippen molar-refractivity contribution >= 4 is 28.4 Å². The van der Waals surface area contributed by atoms with Gasteiger partial charge in [-0.2, -0.15) is 18.2 Å². The third-order valence-corrected chi connectivity index (χ3v) is 6.06. The molecule has 4 aromatic rings. The third kappa shape index (κ3) is 5.01. The van der Waals surface area contributed by atoms with E-state index in [2.05, 4.69) is 20.2 Å². The maximum atomic E-state index is 13.7. The van der Waals surface area contributed by atoms with E-state index in [1.165, 1.54) is 18.3 Å². The summed E-state index contributed by atoms with van der Waals surface area (Å²) in [6, 6.07) is 10.1. The Hall–Kier alpha value is -3.82. The van der Waals surface area contributed by atoms with Crippen molar-refractivity contribution < 1.29 is 22.3 Å². The van der Waals surface area contributed by atoms with E-state index in [0.29, 0.717) is 54.3 Å². The molecule has 182 valence electrons. The second-order valence-corrected chi connectivity index (χ2v) is 8.55. The Morgan fingerprint density at radius 2 is 1.83 bits per heavy atom. The van der Waals surface area contributed by atoms with Gasteiger partial charge in [0.05, 0.1) is 11.1 Å². The van der Waals surface area contributed by atoms with Crippen LogP contribution in [0.5, 0.6) is 5.75 Å². The molecule has 1 aliphatic rings. The standard InChI is InChI=1S/C25H23F4N5O/c1-15-13-31-24(33-23(15)32-17-4-7-20-21(26)14-30-22(20)12-17)34-10-8-19(9-11-34)35-18-5-2-16(3-6-18)25(27,28)29/h2-7,12-14,19,30H,8-11H2,1H3,(H,31,32,33). The lowest BCUT2D eigenvalue weighted by atomic mass is 10.1. The lowest BCUT2D eigenvalue weighted by molar-refractivity contribution is -0.137. The molecule has 0 amide bonds. The van der Waals surface area contributed by atoms with Crippen LogP contribution in [0.25, 0.3) is 10.9 Å². The summed E-state index contributed by atoms with van der Waals surface area (Å²) in [5.41, 5.74) is 1.64. The summed E-state index contributed by atoms with van der Waals surface area (Å²) in [7, 11) is 0. The van der Waals surface area contributed by atoms with Gasteiger partial charge < -0.3 is 19.9 Å². The zero-order valence-corrected chi connectivity index (χ0v) is 18.9. The second-order valence-electron chi connectivity index (χ2n) is 8.55. The fourth-order valence-corrected chi connectivity index (χ4v) is 4.11. The Morgan fingerprint density at radius 1 is 1.09 bits per heavy atom. The van der Waals surface area contributed by atoms with Gasteiger partial charge in [0, 0.05) is 55.0 Å². The number of hydrogen-bond donors (Lipinski definition) is 2. The highest BCUT2D eigenvalue weighted by Crippen LogP contribution is 2.31. The average Bonchev–Trinajstić information content (AvgIpc) is 3.21. The quantitative estimate of drug-likeness (QED) is 0.329. The van der Waals surface area contributed by atoms with Gasteiger partial charge in [0.15, 0.2) is 0 Å². The van der Waals surface area contributed by atoms with Crippen molar-refractivity contribution in [3.8, 4) is 5.75 Å². The van der Waals surface area contributed by atoms with E-state index in [1.807, 2.05) is 13.0 Å². The number of H-pyrrole nitrogens is 1. The Bertz CT molecular complexity index is 1330. The number of aromatic nitrogens is 3. The number of piperidine rings is 1. The molecule has 2 N–H and O–H groups in total. The summed E-state index contributed by atoms with van der Waals surface area (Å²) >= 11 is 0. The van der Waals surface area contributed by atoms with Gasteiger partial charge in [0.25, 0.3) is 0 Å². The van der Waals surface area contributed by atoms with Crippen LogP contribution in [0.3, 0.4) is 0 Å². The fraction of sp³-hybridized carbons (Fsp3) is 0.280. The molecule has 2 aromatic heterocycles. The average molecular weight is 485 g/mol. The van der Waals surface area contributed by atoms with E-state index in [-0.39, 0.29) is 11.9 Å². The van der Waals surface area contributed by atoms with Gasteiger partial charge >= 0.3 is 6.18 Å². The SMILES string of the molecule is Cc1cnc(N2CCC(Oc3ccc(C(F)(F)F)cc3)CC2)nc1Nc1ccc2c(F)c[nH]c2c1. The normalized spacial score (nSPS) is 14.9. The van der Waals surface area contributed by atoms with Gasteiger partial charge in [-0.15, -0.1) is 0 Å². The molecule has 5 rings (SSSR count). The number of aryl methyl sites for hydroxylation is 1. The van der Waals surface area contributed by atoms with Gasteiger partial charge in [-0.05, 0) is 49.4 Å². The van der Waals surface area contributed by atoms with Crippen molar-refractivity contribution in [2.75, 3.05) is 23.3 Å². The lowest BCUT2D eigenvalue weighted by Gasteiger charge is -2.32. The monoisotopic (exact) mass is 485 g/mol. The molecule has 0 atom stereocenters. The molecule has 0 saturated carbocycles. The van der Waals surface area contributed by atoms with Crippen LogP contribution in [0.2, 0.25) is 0 Å². The van der Waals surface area contributed by atoms with Gasteiger partial charge in [-0.1, -0.05) is 0 Å². The van der Waals surface area contributed by atoms with E-state index in [9.17, 15) is 17.6 Å². The topological polar surface area (TPSA) is 66.1 Å². The van der Waals surface area contributed by atoms with Crippen LogP contribution in [-0.2, 0) is 6.18 Å². The van der Waals surface area contributed by atoms with Crippen molar-refractivity contribution in [2.45, 2.75) is 32.0 Å². The van der Waals surface area contributed by atoms with E-state index in [4.69, 9.17) is 9.72 Å². The summed E-state index contributed by atoms with van der Waals surface area (Å²) in [6.07, 6.45) is -0.000959. The van der Waals surface area contributed by atoms with Crippen LogP contribution in [0.4, 0.5) is 35.0 Å². The van der Waals surface area contributed by atoms with E-state index in [0.717, 1.165) is 23.4 Å². The minimum Gasteiger partial charge on any atom is -0.490 e. The first-order valence-corrected chi connectivity index (χ1v) is 11.2. The number of halogens is 4. The Morgan fingerprint density at radius 3 is 2.54 bits per heavy atom. The van der Waals surface area contributed by atoms with Gasteiger partial charge in [0.2, 0.25) is 5.95 Å². The number of alkyl halides is 3. The maximum Gasteiger partial charge on any atom is 0.416 e. The molecule has 1 saturated heterocycles. The number of nitrogens with one attached hydrogen (secondary N) is 2. The van der Waals surface area contributed by atoms with Gasteiger partial charge in [-0.25, -0.2) is 9.37 Å². The van der Waals surface area contributed by atoms with Crippen LogP contribution in [0, 0.1) is 12.7 Å². The van der Waals surface area contributed by atoms with Crippen molar-refractivity contribution in [2.24, 2.45) is 0 Å². The number of anilines is 3. The molecule has 0 unspecified atom stereocenters. The summed E-state index contributed by atoms with van der Waals surface area (Å²) in [5, 5.41) is 3.81. The number of fused-ring (bicyclic) bond motifs is 1. The van der Waals surface area contributed by atoms with E-state index >= 15 is 0 Å². The summed E-state index contributed by atoms with van der Waals surface area (Å²) < 4.78 is 57.8. The van der Waals surface area contributed by atoms with Crippen molar-refractivity contribution in [3.05, 3.63) is 71.8 Å². The lowest BCUT2D eigenvalue weighted by Crippen LogP contribution is -2.39. The number of ether oxygens (including phenoxy) is 1. The maximum absolute atomic E-state index is 13.7. The molecule has 3 heterocycles. The first-order valence-electron chi connectivity index (χ1n) is 11.2. The van der Waals surface area contributed by atoms with Crippen LogP contribution >= 0.6 is 0 Å². The molecule has 0 aliphatic carbocycles. The molecule has 1 fully saturated rings. The smallest absolute Gasteiger partial charge is 0.416 e. The van der Waals surface area contributed by atoms with Crippen LogP contribution in [0.1, 0.15) is 24.0 Å². The molecule has 10 heteroatoms. The molecular weight excluding hydrogens is 462 g/mol. The van der Waals surface area contributed by atoms with Crippen LogP contribution in [-0.4, -0.2) is 34.1 Å². The van der Waals surface area contributed by atoms with Crippen molar-refractivity contribution in [1.82, 2.24) is 15.0 Å². The molecule has 6 nitrogen and oxygen atoms in total. The summed E-state index contributed by atoms with van der Waals surface area (Å²) in [5.74, 6) is 1.37.